The van der Waals surface area contributed by atoms with Crippen LogP contribution in [0.5, 0.6) is 0 Å². The molecular weight excluding hydrogens is 230 g/mol. The largest absolute Gasteiger partial charge is 0.385 e. The molecule has 0 unspecified atom stereocenters. The normalized spacial score (nSPS) is 18.5. The highest BCUT2D eigenvalue weighted by molar-refractivity contribution is 5.79. The number of nitrogens with one attached hydrogen (secondary N) is 1. The maximum atomic E-state index is 5.55. The first-order valence-corrected chi connectivity index (χ1v) is 6.60. The molecule has 1 aliphatic heterocycles. The molecule has 106 valence electrons. The standard InChI is InChI=1S/C12H27N5O/c1-16(2)11-5-8-17(9-6-11)12(15-13)14-7-4-10-18-3/h11H,4-10,13H2,1-3H3,(H,14,15). The SMILES string of the molecule is COCCCN=C(NN)N1CCC(N(C)C)CC1. The highest BCUT2D eigenvalue weighted by Gasteiger charge is 2.22. The maximum absolute atomic E-state index is 5.55. The number of hydrogen-bond donors (Lipinski definition) is 2. The fraction of sp³-hybridized carbons (Fsp3) is 0.917. The molecule has 0 aromatic carbocycles. The van der Waals surface area contributed by atoms with E-state index in [2.05, 4.69) is 34.3 Å². The number of nitrogens with two attached hydrogens (primary N) is 1. The molecular formula is C12H27N5O. The lowest BCUT2D eigenvalue weighted by Gasteiger charge is -2.36. The molecule has 0 atom stereocenters. The molecule has 6 heteroatoms. The van der Waals surface area contributed by atoms with Crippen molar-refractivity contribution in [1.82, 2.24) is 15.2 Å². The summed E-state index contributed by atoms with van der Waals surface area (Å²) in [5.74, 6) is 6.36. The van der Waals surface area contributed by atoms with Gasteiger partial charge in [-0.15, -0.1) is 0 Å². The lowest BCUT2D eigenvalue weighted by Crippen LogP contribution is -2.50. The predicted molar refractivity (Wildman–Crippen MR) is 74.4 cm³/mol. The van der Waals surface area contributed by atoms with E-state index in [1.165, 1.54) is 0 Å². The van der Waals surface area contributed by atoms with Crippen molar-refractivity contribution < 1.29 is 4.74 Å². The third-order valence-corrected chi connectivity index (χ3v) is 3.39. The Hall–Kier alpha value is -0.850. The van der Waals surface area contributed by atoms with Gasteiger partial charge in [0.15, 0.2) is 0 Å². The van der Waals surface area contributed by atoms with Crippen molar-refractivity contribution in [1.29, 1.82) is 0 Å². The van der Waals surface area contributed by atoms with Crippen LogP contribution in [0.25, 0.3) is 0 Å². The van der Waals surface area contributed by atoms with Crippen molar-refractivity contribution in [3.05, 3.63) is 0 Å². The Morgan fingerprint density at radius 2 is 2.11 bits per heavy atom. The second kappa shape index (κ2) is 8.29. The molecule has 0 aliphatic carbocycles. The minimum absolute atomic E-state index is 0.675. The smallest absolute Gasteiger partial charge is 0.208 e. The molecule has 0 radical (unpaired) electrons. The lowest BCUT2D eigenvalue weighted by molar-refractivity contribution is 0.187. The average molecular weight is 257 g/mol. The van der Waals surface area contributed by atoms with Crippen LogP contribution in [0.1, 0.15) is 19.3 Å². The zero-order valence-electron chi connectivity index (χ0n) is 11.9. The number of hydrogen-bond acceptors (Lipinski definition) is 4. The zero-order valence-corrected chi connectivity index (χ0v) is 11.9. The Kier molecular flexibility index (Phi) is 7.00. The summed E-state index contributed by atoms with van der Waals surface area (Å²) < 4.78 is 5.00. The number of methoxy groups -OCH3 is 1. The molecule has 0 bridgehead atoms. The summed E-state index contributed by atoms with van der Waals surface area (Å²) in [6.45, 7) is 3.51. The van der Waals surface area contributed by atoms with Gasteiger partial charge in [-0.3, -0.25) is 10.4 Å². The van der Waals surface area contributed by atoms with E-state index in [4.69, 9.17) is 10.6 Å². The Morgan fingerprint density at radius 3 is 2.61 bits per heavy atom. The van der Waals surface area contributed by atoms with Crippen molar-refractivity contribution in [2.24, 2.45) is 10.8 Å². The van der Waals surface area contributed by atoms with Gasteiger partial charge in [-0.2, -0.15) is 0 Å². The third-order valence-electron chi connectivity index (χ3n) is 3.39. The molecule has 0 saturated carbocycles. The van der Waals surface area contributed by atoms with Gasteiger partial charge < -0.3 is 14.5 Å². The highest BCUT2D eigenvalue weighted by atomic mass is 16.5. The van der Waals surface area contributed by atoms with Gasteiger partial charge in [-0.1, -0.05) is 0 Å². The van der Waals surface area contributed by atoms with Gasteiger partial charge in [0.2, 0.25) is 5.96 Å². The number of aliphatic imine (C=N–C) groups is 1. The summed E-state index contributed by atoms with van der Waals surface area (Å²) in [4.78, 5) is 9.01. The van der Waals surface area contributed by atoms with Crippen molar-refractivity contribution in [3.63, 3.8) is 0 Å². The van der Waals surface area contributed by atoms with Crippen LogP contribution in [0.3, 0.4) is 0 Å². The zero-order chi connectivity index (χ0) is 13.4. The number of rotatable bonds is 5. The molecule has 1 saturated heterocycles. The van der Waals surface area contributed by atoms with Crippen LogP contribution in [-0.4, -0.2) is 69.2 Å². The first-order valence-electron chi connectivity index (χ1n) is 6.60. The number of ether oxygens (including phenoxy) is 1. The molecule has 3 N–H and O–H groups in total. The van der Waals surface area contributed by atoms with E-state index in [0.717, 1.165) is 51.5 Å². The summed E-state index contributed by atoms with van der Waals surface area (Å²) >= 11 is 0. The molecule has 6 nitrogen and oxygen atoms in total. The van der Waals surface area contributed by atoms with Crippen molar-refractivity contribution in [2.45, 2.75) is 25.3 Å². The molecule has 1 fully saturated rings. The second-order valence-corrected chi connectivity index (χ2v) is 4.88. The molecule has 0 amide bonds. The third kappa shape index (κ3) is 4.80. The predicted octanol–water partition coefficient (Wildman–Crippen LogP) is -0.132. The van der Waals surface area contributed by atoms with E-state index in [0.29, 0.717) is 6.04 Å². The van der Waals surface area contributed by atoms with E-state index in [9.17, 15) is 0 Å². The first-order chi connectivity index (χ1) is 8.69. The summed E-state index contributed by atoms with van der Waals surface area (Å²) in [5.41, 5.74) is 2.71. The average Bonchev–Trinajstić information content (AvgIpc) is 2.39. The molecule has 1 aliphatic rings. The Morgan fingerprint density at radius 1 is 1.44 bits per heavy atom. The number of hydrazine groups is 1. The van der Waals surface area contributed by atoms with E-state index in [1.807, 2.05) is 0 Å². The molecule has 0 spiro atoms. The highest BCUT2D eigenvalue weighted by Crippen LogP contribution is 2.13. The fourth-order valence-electron chi connectivity index (χ4n) is 2.22. The van der Waals surface area contributed by atoms with E-state index < -0.39 is 0 Å². The van der Waals surface area contributed by atoms with Gasteiger partial charge in [0.25, 0.3) is 0 Å². The van der Waals surface area contributed by atoms with Crippen LogP contribution in [-0.2, 0) is 4.74 Å². The lowest BCUT2D eigenvalue weighted by atomic mass is 10.0. The van der Waals surface area contributed by atoms with E-state index in [1.54, 1.807) is 7.11 Å². The Bertz CT molecular complexity index is 249. The summed E-state index contributed by atoms with van der Waals surface area (Å²) in [6.07, 6.45) is 3.24. The number of piperidine rings is 1. The number of nitrogens with zero attached hydrogens (tertiary/aromatic N) is 3. The van der Waals surface area contributed by atoms with Gasteiger partial charge in [0.1, 0.15) is 0 Å². The minimum Gasteiger partial charge on any atom is -0.385 e. The van der Waals surface area contributed by atoms with Crippen LogP contribution >= 0.6 is 0 Å². The van der Waals surface area contributed by atoms with Gasteiger partial charge >= 0.3 is 0 Å². The molecule has 18 heavy (non-hydrogen) atoms. The molecule has 0 aromatic rings. The van der Waals surface area contributed by atoms with E-state index in [-0.39, 0.29) is 0 Å². The van der Waals surface area contributed by atoms with Crippen LogP contribution < -0.4 is 11.3 Å². The van der Waals surface area contributed by atoms with Crippen molar-refractivity contribution in [3.8, 4) is 0 Å². The monoisotopic (exact) mass is 257 g/mol. The summed E-state index contributed by atoms with van der Waals surface area (Å²) in [6, 6.07) is 0.675. The van der Waals surface area contributed by atoms with Gasteiger partial charge in [-0.05, 0) is 33.4 Å². The maximum Gasteiger partial charge on any atom is 0.208 e. The number of likely N-dealkylation sites (tertiary alicyclic amines) is 1. The van der Waals surface area contributed by atoms with Crippen molar-refractivity contribution in [2.75, 3.05) is 47.4 Å². The van der Waals surface area contributed by atoms with Gasteiger partial charge in [0.05, 0.1) is 0 Å². The topological polar surface area (TPSA) is 66.1 Å². The minimum atomic E-state index is 0.675. The quantitative estimate of drug-likeness (QED) is 0.236. The molecule has 1 rings (SSSR count). The fourth-order valence-corrected chi connectivity index (χ4v) is 2.22. The van der Waals surface area contributed by atoms with Gasteiger partial charge in [0, 0.05) is 39.4 Å². The van der Waals surface area contributed by atoms with Crippen molar-refractivity contribution >= 4 is 5.96 Å². The summed E-state index contributed by atoms with van der Waals surface area (Å²) in [5, 5.41) is 0. The van der Waals surface area contributed by atoms with Crippen LogP contribution in [0.4, 0.5) is 0 Å². The first kappa shape index (κ1) is 15.2. The molecule has 1 heterocycles. The summed E-state index contributed by atoms with van der Waals surface area (Å²) in [7, 11) is 5.99. The second-order valence-electron chi connectivity index (χ2n) is 4.88. The Labute approximate surface area is 110 Å². The number of guanidine groups is 1. The van der Waals surface area contributed by atoms with Crippen LogP contribution in [0, 0.1) is 0 Å². The van der Waals surface area contributed by atoms with E-state index >= 15 is 0 Å². The van der Waals surface area contributed by atoms with Gasteiger partial charge in [-0.25, -0.2) is 5.84 Å². The van der Waals surface area contributed by atoms with Crippen LogP contribution in [0.2, 0.25) is 0 Å². The van der Waals surface area contributed by atoms with Crippen LogP contribution in [0.15, 0.2) is 4.99 Å². The Balaban J connectivity index is 2.37. The molecule has 0 aromatic heterocycles.